The molecule has 0 saturated heterocycles. The number of allylic oxidation sites excluding steroid dienone is 2. The fraction of sp³-hybridized carbons (Fsp3) is 0.111. The maximum absolute atomic E-state index is 3.48. The van der Waals surface area contributed by atoms with Gasteiger partial charge in [-0.15, -0.1) is 0 Å². The fourth-order valence-electron chi connectivity index (χ4n) is 2.27. The molecule has 0 radical (unpaired) electrons. The summed E-state index contributed by atoms with van der Waals surface area (Å²) in [6.45, 7) is 0. The third kappa shape index (κ3) is 3.09. The van der Waals surface area contributed by atoms with E-state index in [-0.39, 0.29) is 0 Å². The van der Waals surface area contributed by atoms with Crippen LogP contribution in [-0.4, -0.2) is 0 Å². The van der Waals surface area contributed by atoms with Gasteiger partial charge < -0.3 is 10.6 Å². The van der Waals surface area contributed by atoms with E-state index < -0.39 is 0 Å². The minimum atomic E-state index is 1.08. The Morgan fingerprint density at radius 3 is 1.35 bits per heavy atom. The van der Waals surface area contributed by atoms with Crippen LogP contribution in [0.5, 0.6) is 0 Å². The summed E-state index contributed by atoms with van der Waals surface area (Å²) in [6, 6.07) is 20.5. The first-order valence-corrected chi connectivity index (χ1v) is 6.97. The minimum Gasteiger partial charge on any atom is -0.354 e. The van der Waals surface area contributed by atoms with Crippen molar-refractivity contribution >= 4 is 11.4 Å². The Hall–Kier alpha value is -2.48. The van der Waals surface area contributed by atoms with Gasteiger partial charge in [-0.3, -0.25) is 0 Å². The lowest BCUT2D eigenvalue weighted by molar-refractivity contribution is 0.994. The average Bonchev–Trinajstić information content (AvgIpc) is 2.51. The van der Waals surface area contributed by atoms with Crippen molar-refractivity contribution in [3.8, 4) is 0 Å². The molecule has 0 heterocycles. The largest absolute Gasteiger partial charge is 0.354 e. The SMILES string of the molecule is C1=C(Nc2ccccc2)C(Nc2ccccc2)=CCC1. The van der Waals surface area contributed by atoms with Crippen LogP contribution in [0, 0.1) is 0 Å². The maximum atomic E-state index is 3.48. The molecule has 0 unspecified atom stereocenters. The number of para-hydroxylation sites is 2. The quantitative estimate of drug-likeness (QED) is 0.829. The Balaban J connectivity index is 1.76. The topological polar surface area (TPSA) is 24.1 Å². The van der Waals surface area contributed by atoms with Gasteiger partial charge in [0.1, 0.15) is 0 Å². The van der Waals surface area contributed by atoms with Gasteiger partial charge in [-0.25, -0.2) is 0 Å². The molecule has 0 atom stereocenters. The first kappa shape index (κ1) is 12.5. The van der Waals surface area contributed by atoms with Gasteiger partial charge in [0.2, 0.25) is 0 Å². The number of rotatable bonds is 4. The molecule has 1 aliphatic rings. The van der Waals surface area contributed by atoms with Gasteiger partial charge in [-0.2, -0.15) is 0 Å². The first-order valence-electron chi connectivity index (χ1n) is 6.97. The zero-order chi connectivity index (χ0) is 13.6. The Morgan fingerprint density at radius 1 is 0.550 bits per heavy atom. The van der Waals surface area contributed by atoms with Crippen molar-refractivity contribution in [2.45, 2.75) is 12.8 Å². The molecule has 0 bridgehead atoms. The standard InChI is InChI=1S/C18H18N2/c1-3-9-15(10-4-1)19-17-13-7-8-14-18(17)20-16-11-5-2-6-12-16/h1-6,9-14,19-20H,7-8H2. The molecule has 2 nitrogen and oxygen atoms in total. The van der Waals surface area contributed by atoms with Gasteiger partial charge >= 0.3 is 0 Å². The highest BCUT2D eigenvalue weighted by atomic mass is 15.0. The van der Waals surface area contributed by atoms with Gasteiger partial charge in [-0.05, 0) is 37.1 Å². The van der Waals surface area contributed by atoms with Crippen molar-refractivity contribution in [2.75, 3.05) is 10.6 Å². The predicted molar refractivity (Wildman–Crippen MR) is 85.5 cm³/mol. The third-order valence-corrected chi connectivity index (χ3v) is 3.26. The Kier molecular flexibility index (Phi) is 3.83. The molecule has 20 heavy (non-hydrogen) atoms. The van der Waals surface area contributed by atoms with Crippen LogP contribution in [0.2, 0.25) is 0 Å². The van der Waals surface area contributed by atoms with E-state index in [2.05, 4.69) is 47.1 Å². The summed E-state index contributed by atoms with van der Waals surface area (Å²) in [5.41, 5.74) is 4.51. The third-order valence-electron chi connectivity index (χ3n) is 3.26. The summed E-state index contributed by atoms with van der Waals surface area (Å²) in [6.07, 6.45) is 6.65. The van der Waals surface area contributed by atoms with Crippen LogP contribution in [0.4, 0.5) is 11.4 Å². The van der Waals surface area contributed by atoms with Gasteiger partial charge in [0.25, 0.3) is 0 Å². The lowest BCUT2D eigenvalue weighted by atomic mass is 10.1. The summed E-state index contributed by atoms with van der Waals surface area (Å²) in [5.74, 6) is 0. The fourth-order valence-corrected chi connectivity index (χ4v) is 2.27. The molecule has 2 heteroatoms. The van der Waals surface area contributed by atoms with E-state index in [1.165, 1.54) is 0 Å². The van der Waals surface area contributed by atoms with E-state index in [0.717, 1.165) is 35.6 Å². The molecule has 2 aromatic carbocycles. The molecular weight excluding hydrogens is 244 g/mol. The van der Waals surface area contributed by atoms with Crippen LogP contribution in [0.15, 0.2) is 84.2 Å². The van der Waals surface area contributed by atoms with Crippen molar-refractivity contribution in [2.24, 2.45) is 0 Å². The molecule has 100 valence electrons. The zero-order valence-corrected chi connectivity index (χ0v) is 11.3. The van der Waals surface area contributed by atoms with Crippen molar-refractivity contribution in [3.05, 3.63) is 84.2 Å². The number of hydrogen-bond donors (Lipinski definition) is 2. The van der Waals surface area contributed by atoms with Gasteiger partial charge in [0.05, 0.1) is 11.4 Å². The van der Waals surface area contributed by atoms with Crippen molar-refractivity contribution in [1.29, 1.82) is 0 Å². The van der Waals surface area contributed by atoms with Gasteiger partial charge in [0, 0.05) is 11.4 Å². The highest BCUT2D eigenvalue weighted by molar-refractivity contribution is 5.60. The lowest BCUT2D eigenvalue weighted by Gasteiger charge is -2.20. The van der Waals surface area contributed by atoms with Gasteiger partial charge in [-0.1, -0.05) is 48.6 Å². The van der Waals surface area contributed by atoms with Crippen LogP contribution in [-0.2, 0) is 0 Å². The summed E-state index contributed by atoms with van der Waals surface area (Å²) in [7, 11) is 0. The molecule has 0 aliphatic heterocycles. The van der Waals surface area contributed by atoms with E-state index >= 15 is 0 Å². The van der Waals surface area contributed by atoms with Crippen molar-refractivity contribution in [3.63, 3.8) is 0 Å². The van der Waals surface area contributed by atoms with Gasteiger partial charge in [0.15, 0.2) is 0 Å². The number of nitrogens with one attached hydrogen (secondary N) is 2. The van der Waals surface area contributed by atoms with Crippen LogP contribution < -0.4 is 10.6 Å². The summed E-state index contributed by atoms with van der Waals surface area (Å²) in [4.78, 5) is 0. The Labute approximate surface area is 119 Å². The number of benzene rings is 2. The van der Waals surface area contributed by atoms with E-state index in [0.29, 0.717) is 0 Å². The monoisotopic (exact) mass is 262 g/mol. The smallest absolute Gasteiger partial charge is 0.0579 e. The maximum Gasteiger partial charge on any atom is 0.0579 e. The molecule has 1 aliphatic carbocycles. The highest BCUT2D eigenvalue weighted by Gasteiger charge is 2.09. The molecule has 2 aromatic rings. The normalized spacial score (nSPS) is 14.2. The highest BCUT2D eigenvalue weighted by Crippen LogP contribution is 2.23. The summed E-state index contributed by atoms with van der Waals surface area (Å²) in [5, 5.41) is 6.96. The van der Waals surface area contributed by atoms with Crippen LogP contribution in [0.3, 0.4) is 0 Å². The van der Waals surface area contributed by atoms with E-state index in [1.54, 1.807) is 0 Å². The van der Waals surface area contributed by atoms with Crippen LogP contribution in [0.1, 0.15) is 12.8 Å². The molecule has 3 rings (SSSR count). The lowest BCUT2D eigenvalue weighted by Crippen LogP contribution is -2.12. The van der Waals surface area contributed by atoms with E-state index in [1.807, 2.05) is 36.4 Å². The second-order valence-corrected chi connectivity index (χ2v) is 4.79. The minimum absolute atomic E-state index is 1.08. The van der Waals surface area contributed by atoms with Crippen molar-refractivity contribution in [1.82, 2.24) is 0 Å². The number of anilines is 2. The molecule has 0 amide bonds. The second kappa shape index (κ2) is 6.11. The molecule has 2 N–H and O–H groups in total. The molecule has 0 spiro atoms. The van der Waals surface area contributed by atoms with Crippen molar-refractivity contribution < 1.29 is 0 Å². The Bertz CT molecular complexity index is 555. The molecular formula is C18H18N2. The molecule has 0 aromatic heterocycles. The number of hydrogen-bond acceptors (Lipinski definition) is 2. The second-order valence-electron chi connectivity index (χ2n) is 4.79. The Morgan fingerprint density at radius 2 is 0.950 bits per heavy atom. The van der Waals surface area contributed by atoms with E-state index in [4.69, 9.17) is 0 Å². The summed E-state index contributed by atoms with van der Waals surface area (Å²) < 4.78 is 0. The first-order chi connectivity index (χ1) is 9.92. The summed E-state index contributed by atoms with van der Waals surface area (Å²) >= 11 is 0. The molecule has 0 fully saturated rings. The van der Waals surface area contributed by atoms with E-state index in [9.17, 15) is 0 Å². The van der Waals surface area contributed by atoms with Crippen LogP contribution in [0.25, 0.3) is 0 Å². The predicted octanol–water partition coefficient (Wildman–Crippen LogP) is 4.77. The zero-order valence-electron chi connectivity index (χ0n) is 11.3. The van der Waals surface area contributed by atoms with Crippen LogP contribution >= 0.6 is 0 Å². The molecule has 0 saturated carbocycles. The average molecular weight is 262 g/mol.